The Labute approximate surface area is 198 Å². The summed E-state index contributed by atoms with van der Waals surface area (Å²) < 4.78 is 2.11. The summed E-state index contributed by atoms with van der Waals surface area (Å²) in [6.45, 7) is 14.3. The molecule has 1 saturated heterocycles. The molecule has 0 spiro atoms. The molecule has 7 heteroatoms. The Hall–Kier alpha value is -1.37. The van der Waals surface area contributed by atoms with Crippen molar-refractivity contribution in [2.45, 2.75) is 32.4 Å². The number of nitrogens with zero attached hydrogens (tertiary/aromatic N) is 6. The minimum absolute atomic E-state index is 0. The van der Waals surface area contributed by atoms with Crippen LogP contribution in [-0.2, 0) is 39.3 Å². The molecular formula is C22H28N6Y-2. The fourth-order valence-electron chi connectivity index (χ4n) is 4.01. The van der Waals surface area contributed by atoms with Crippen LogP contribution in [0.5, 0.6) is 0 Å². The minimum Gasteiger partial charge on any atom is -0.416 e. The van der Waals surface area contributed by atoms with Crippen molar-refractivity contribution in [3.05, 3.63) is 61.8 Å². The summed E-state index contributed by atoms with van der Waals surface area (Å²) in [5.74, 6) is 1.65. The van der Waals surface area contributed by atoms with E-state index in [9.17, 15) is 0 Å². The largest absolute Gasteiger partial charge is 0.416 e. The van der Waals surface area contributed by atoms with Crippen molar-refractivity contribution in [2.75, 3.05) is 31.1 Å². The zero-order valence-electron chi connectivity index (χ0n) is 17.2. The normalized spacial score (nSPS) is 15.4. The number of aromatic nitrogens is 4. The molecular weight excluding hydrogens is 437 g/mol. The zero-order valence-corrected chi connectivity index (χ0v) is 20.0. The molecule has 3 heterocycles. The van der Waals surface area contributed by atoms with Gasteiger partial charge in [-0.05, 0) is 25.3 Å². The maximum absolute atomic E-state index is 4.72. The van der Waals surface area contributed by atoms with Gasteiger partial charge in [-0.1, -0.05) is 30.3 Å². The average molecular weight is 465 g/mol. The van der Waals surface area contributed by atoms with Crippen LogP contribution in [0.4, 0.5) is 5.82 Å². The van der Waals surface area contributed by atoms with Crippen molar-refractivity contribution in [1.82, 2.24) is 24.6 Å². The second kappa shape index (κ2) is 10.1. The predicted octanol–water partition coefficient (Wildman–Crippen LogP) is 3.44. The number of rotatable bonds is 6. The molecule has 0 bridgehead atoms. The first-order valence-electron chi connectivity index (χ1n) is 10.0. The molecule has 29 heavy (non-hydrogen) atoms. The summed E-state index contributed by atoms with van der Waals surface area (Å²) in [4.78, 5) is 13.9. The van der Waals surface area contributed by atoms with Gasteiger partial charge in [0.25, 0.3) is 0 Å². The van der Waals surface area contributed by atoms with Crippen molar-refractivity contribution in [3.8, 4) is 0 Å². The second-order valence-electron chi connectivity index (χ2n) is 7.40. The van der Waals surface area contributed by atoms with Gasteiger partial charge in [-0.25, -0.2) is 14.6 Å². The van der Waals surface area contributed by atoms with Crippen molar-refractivity contribution >= 4 is 16.9 Å². The number of likely N-dealkylation sites (tertiary alicyclic amines) is 1. The van der Waals surface area contributed by atoms with Gasteiger partial charge in [0.05, 0.1) is 17.6 Å². The molecule has 0 aliphatic carbocycles. The first kappa shape index (κ1) is 22.3. The van der Waals surface area contributed by atoms with Gasteiger partial charge in [-0.15, -0.1) is 13.1 Å². The number of aryl methyl sites for hydroxylation is 1. The van der Waals surface area contributed by atoms with E-state index in [-0.39, 0.29) is 32.7 Å². The van der Waals surface area contributed by atoms with Crippen molar-refractivity contribution in [3.63, 3.8) is 0 Å². The molecule has 2 aromatic heterocycles. The topological polar surface area (TPSA) is 50.1 Å². The Bertz CT molecular complexity index is 914. The molecule has 0 amide bonds. The summed E-state index contributed by atoms with van der Waals surface area (Å²) in [6, 6.07) is 11.1. The first-order chi connectivity index (χ1) is 13.7. The Kier molecular flexibility index (Phi) is 7.77. The fourth-order valence-corrected chi connectivity index (χ4v) is 4.01. The summed E-state index contributed by atoms with van der Waals surface area (Å²) in [5.41, 5.74) is 2.30. The molecule has 1 radical (unpaired) electrons. The van der Waals surface area contributed by atoms with Crippen LogP contribution in [0.2, 0.25) is 0 Å². The predicted molar refractivity (Wildman–Crippen MR) is 113 cm³/mol. The molecule has 0 saturated carbocycles. The number of hydrogen-bond donors (Lipinski definition) is 0. The van der Waals surface area contributed by atoms with Gasteiger partial charge >= 0.3 is 0 Å². The van der Waals surface area contributed by atoms with Gasteiger partial charge in [0, 0.05) is 52.3 Å². The standard InChI is InChI=1S/C22H28N6.Y/c1-4-27(5-2)21-20-15-23-28(22(20)25-17(3)24-21)19-11-13-26(14-12-19)16-18-9-7-6-8-10-18;/h6-10,15,19H,1-2,4-5,11-14,16H2,3H3;/q-2;. The van der Waals surface area contributed by atoms with Crippen LogP contribution in [0.15, 0.2) is 36.5 Å². The summed E-state index contributed by atoms with van der Waals surface area (Å²) in [7, 11) is 0. The fraction of sp³-hybridized carbons (Fsp3) is 0.409. The number of hydrogen-bond acceptors (Lipinski definition) is 5. The van der Waals surface area contributed by atoms with E-state index in [0.29, 0.717) is 19.1 Å². The van der Waals surface area contributed by atoms with E-state index in [1.807, 2.05) is 13.1 Å². The van der Waals surface area contributed by atoms with Gasteiger partial charge in [-0.2, -0.15) is 5.10 Å². The van der Waals surface area contributed by atoms with Crippen LogP contribution in [-0.4, -0.2) is 50.8 Å². The third kappa shape index (κ3) is 4.87. The first-order valence-corrected chi connectivity index (χ1v) is 10.0. The monoisotopic (exact) mass is 465 g/mol. The van der Waals surface area contributed by atoms with E-state index < -0.39 is 0 Å². The summed E-state index contributed by atoms with van der Waals surface area (Å²) >= 11 is 0. The van der Waals surface area contributed by atoms with Crippen molar-refractivity contribution in [1.29, 1.82) is 0 Å². The zero-order chi connectivity index (χ0) is 19.5. The van der Waals surface area contributed by atoms with Crippen molar-refractivity contribution in [2.24, 2.45) is 0 Å². The SMILES string of the molecule is [CH2-]CN(C[CH2-])c1nc(C)nc2c1cnn2C1CCN(Cc2ccccc2)CC1.[Y]. The van der Waals surface area contributed by atoms with Gasteiger partial charge < -0.3 is 18.7 Å². The molecule has 1 aliphatic heterocycles. The second-order valence-corrected chi connectivity index (χ2v) is 7.40. The van der Waals surface area contributed by atoms with Gasteiger partial charge in [0.2, 0.25) is 0 Å². The van der Waals surface area contributed by atoms with Gasteiger partial charge in [0.15, 0.2) is 5.65 Å². The van der Waals surface area contributed by atoms with E-state index in [0.717, 1.165) is 55.2 Å². The van der Waals surface area contributed by atoms with E-state index >= 15 is 0 Å². The molecule has 1 aliphatic rings. The number of benzene rings is 1. The van der Waals surface area contributed by atoms with E-state index in [4.69, 9.17) is 10.1 Å². The third-order valence-electron chi connectivity index (χ3n) is 5.54. The molecule has 0 N–H and O–H groups in total. The minimum atomic E-state index is 0. The molecule has 4 rings (SSSR count). The molecule has 1 fully saturated rings. The van der Waals surface area contributed by atoms with Gasteiger partial charge in [0.1, 0.15) is 11.6 Å². The Balaban J connectivity index is 0.00000240. The molecule has 1 aromatic carbocycles. The van der Waals surface area contributed by atoms with Crippen LogP contribution >= 0.6 is 0 Å². The number of anilines is 1. The van der Waals surface area contributed by atoms with Crippen LogP contribution in [0.25, 0.3) is 11.0 Å². The summed E-state index contributed by atoms with van der Waals surface area (Å²) in [5, 5.41) is 5.70. The molecule has 151 valence electrons. The van der Waals surface area contributed by atoms with Gasteiger partial charge in [-0.3, -0.25) is 4.90 Å². The average Bonchev–Trinajstić information content (AvgIpc) is 3.14. The van der Waals surface area contributed by atoms with E-state index in [1.54, 1.807) is 0 Å². The van der Waals surface area contributed by atoms with Crippen molar-refractivity contribution < 1.29 is 32.7 Å². The molecule has 0 unspecified atom stereocenters. The molecule has 3 aromatic rings. The maximum Gasteiger partial charge on any atom is 0.163 e. The smallest absolute Gasteiger partial charge is 0.163 e. The van der Waals surface area contributed by atoms with E-state index in [2.05, 4.69) is 63.6 Å². The van der Waals surface area contributed by atoms with Crippen LogP contribution < -0.4 is 4.90 Å². The Morgan fingerprint density at radius 1 is 1.07 bits per heavy atom. The van der Waals surface area contributed by atoms with Crippen LogP contribution in [0.3, 0.4) is 0 Å². The maximum atomic E-state index is 4.72. The quantitative estimate of drug-likeness (QED) is 0.522. The van der Waals surface area contributed by atoms with Crippen LogP contribution in [0.1, 0.15) is 30.3 Å². The molecule has 0 atom stereocenters. The van der Waals surface area contributed by atoms with E-state index in [1.165, 1.54) is 5.56 Å². The Morgan fingerprint density at radius 3 is 2.41 bits per heavy atom. The molecule has 6 nitrogen and oxygen atoms in total. The van der Waals surface area contributed by atoms with Crippen LogP contribution in [0, 0.1) is 20.8 Å². The summed E-state index contributed by atoms with van der Waals surface area (Å²) in [6.07, 6.45) is 4.06. The Morgan fingerprint density at radius 2 is 1.76 bits per heavy atom. The third-order valence-corrected chi connectivity index (χ3v) is 5.54. The number of fused-ring (bicyclic) bond motifs is 1. The number of piperidine rings is 1.